The van der Waals surface area contributed by atoms with E-state index in [0.29, 0.717) is 11.4 Å². The normalized spacial score (nSPS) is 11.2. The standard InChI is InChI=1S/C24H17N3O3S2/c1-14-3-7-17(8-4-14)32-20-10-5-15-13-16(6-9-18(15)26-20)27-23(28)21-22(30-24(27)31)19(29-2)11-12-25-21/h3-13H,1-2H3. The van der Waals surface area contributed by atoms with Crippen LogP contribution in [0, 0.1) is 11.8 Å². The lowest BCUT2D eigenvalue weighted by Gasteiger charge is -2.10. The largest absolute Gasteiger partial charge is 0.493 e. The topological polar surface area (TPSA) is 70.2 Å². The third-order valence-corrected chi connectivity index (χ3v) is 6.23. The Labute approximate surface area is 192 Å². The quantitative estimate of drug-likeness (QED) is 0.318. The zero-order chi connectivity index (χ0) is 22.2. The molecule has 0 aliphatic rings. The Morgan fingerprint density at radius 3 is 2.66 bits per heavy atom. The smallest absolute Gasteiger partial charge is 0.288 e. The summed E-state index contributed by atoms with van der Waals surface area (Å²) in [5.74, 6) is 0.409. The molecule has 2 aromatic carbocycles. The Bertz CT molecular complexity index is 1590. The molecule has 0 radical (unpaired) electrons. The molecule has 0 saturated heterocycles. The van der Waals surface area contributed by atoms with Crippen LogP contribution < -0.4 is 10.3 Å². The van der Waals surface area contributed by atoms with Gasteiger partial charge in [-0.15, -0.1) is 0 Å². The molecule has 0 fully saturated rings. The Morgan fingerprint density at radius 1 is 1.06 bits per heavy atom. The van der Waals surface area contributed by atoms with Crippen molar-refractivity contribution in [1.82, 2.24) is 14.5 Å². The van der Waals surface area contributed by atoms with Crippen molar-refractivity contribution in [3.05, 3.63) is 87.6 Å². The highest BCUT2D eigenvalue weighted by molar-refractivity contribution is 7.99. The summed E-state index contributed by atoms with van der Waals surface area (Å²) in [6.07, 6.45) is 1.50. The molecule has 0 atom stereocenters. The third kappa shape index (κ3) is 3.68. The van der Waals surface area contributed by atoms with Crippen molar-refractivity contribution >= 4 is 46.0 Å². The number of pyridine rings is 2. The number of nitrogens with zero attached hydrogens (tertiary/aromatic N) is 3. The molecule has 5 aromatic rings. The van der Waals surface area contributed by atoms with Crippen molar-refractivity contribution in [1.29, 1.82) is 0 Å². The van der Waals surface area contributed by atoms with Gasteiger partial charge in [0.2, 0.25) is 5.58 Å². The van der Waals surface area contributed by atoms with Crippen LogP contribution in [-0.4, -0.2) is 21.6 Å². The van der Waals surface area contributed by atoms with E-state index < -0.39 is 0 Å². The minimum absolute atomic E-state index is 0.0210. The Hall–Kier alpha value is -3.49. The average molecular weight is 460 g/mol. The first-order valence-electron chi connectivity index (χ1n) is 9.78. The number of benzene rings is 2. The van der Waals surface area contributed by atoms with Crippen LogP contribution in [0.4, 0.5) is 0 Å². The average Bonchev–Trinajstić information content (AvgIpc) is 2.80. The number of methoxy groups -OCH3 is 1. The van der Waals surface area contributed by atoms with Crippen LogP contribution in [0.2, 0.25) is 0 Å². The maximum atomic E-state index is 13.1. The van der Waals surface area contributed by atoms with Gasteiger partial charge >= 0.3 is 0 Å². The number of aryl methyl sites for hydroxylation is 1. The molecule has 32 heavy (non-hydrogen) atoms. The van der Waals surface area contributed by atoms with Gasteiger partial charge < -0.3 is 9.15 Å². The number of aromatic nitrogens is 3. The van der Waals surface area contributed by atoms with Gasteiger partial charge in [0, 0.05) is 22.5 Å². The van der Waals surface area contributed by atoms with E-state index in [4.69, 9.17) is 26.4 Å². The first kappa shape index (κ1) is 20.4. The summed E-state index contributed by atoms with van der Waals surface area (Å²) in [5.41, 5.74) is 2.65. The van der Waals surface area contributed by atoms with Crippen molar-refractivity contribution in [2.45, 2.75) is 16.8 Å². The molecule has 158 valence electrons. The van der Waals surface area contributed by atoms with Crippen LogP contribution in [0.15, 0.2) is 86.0 Å². The summed E-state index contributed by atoms with van der Waals surface area (Å²) in [4.78, 5) is 23.2. The molecule has 0 bridgehead atoms. The lowest BCUT2D eigenvalue weighted by Crippen LogP contribution is -2.20. The van der Waals surface area contributed by atoms with Crippen molar-refractivity contribution in [3.8, 4) is 11.4 Å². The van der Waals surface area contributed by atoms with Crippen molar-refractivity contribution in [2.75, 3.05) is 7.11 Å². The number of fused-ring (bicyclic) bond motifs is 2. The van der Waals surface area contributed by atoms with Gasteiger partial charge in [-0.2, -0.15) is 0 Å². The van der Waals surface area contributed by atoms with E-state index in [0.717, 1.165) is 20.8 Å². The maximum absolute atomic E-state index is 13.1. The second-order valence-electron chi connectivity index (χ2n) is 7.14. The molecule has 0 amide bonds. The number of hydrogen-bond donors (Lipinski definition) is 0. The summed E-state index contributed by atoms with van der Waals surface area (Å²) in [7, 11) is 1.50. The minimum atomic E-state index is -0.367. The molecule has 0 aliphatic carbocycles. The van der Waals surface area contributed by atoms with Gasteiger partial charge in [-0.3, -0.25) is 4.79 Å². The highest BCUT2D eigenvalue weighted by Crippen LogP contribution is 2.29. The first-order chi connectivity index (χ1) is 15.5. The van der Waals surface area contributed by atoms with E-state index in [1.54, 1.807) is 23.9 Å². The van der Waals surface area contributed by atoms with Crippen molar-refractivity contribution < 1.29 is 9.15 Å². The number of ether oxygens (including phenoxy) is 1. The Kier molecular flexibility index (Phi) is 5.24. The van der Waals surface area contributed by atoms with Crippen LogP contribution in [0.1, 0.15) is 5.56 Å². The fourth-order valence-electron chi connectivity index (χ4n) is 3.40. The van der Waals surface area contributed by atoms with Gasteiger partial charge in [-0.05, 0) is 55.5 Å². The maximum Gasteiger partial charge on any atom is 0.288 e. The molecular weight excluding hydrogens is 442 g/mol. The lowest BCUT2D eigenvalue weighted by atomic mass is 10.2. The van der Waals surface area contributed by atoms with Crippen molar-refractivity contribution in [3.63, 3.8) is 0 Å². The third-order valence-electron chi connectivity index (χ3n) is 5.01. The molecule has 5 rings (SSSR count). The molecule has 8 heteroatoms. The molecular formula is C24H17N3O3S2. The van der Waals surface area contributed by atoms with Gasteiger partial charge in [-0.1, -0.05) is 35.5 Å². The summed E-state index contributed by atoms with van der Waals surface area (Å²) < 4.78 is 12.3. The lowest BCUT2D eigenvalue weighted by molar-refractivity contribution is 0.404. The molecule has 0 N–H and O–H groups in total. The van der Waals surface area contributed by atoms with E-state index in [2.05, 4.69) is 36.2 Å². The molecule has 6 nitrogen and oxygen atoms in total. The van der Waals surface area contributed by atoms with Gasteiger partial charge in [0.1, 0.15) is 5.03 Å². The number of rotatable bonds is 4. The van der Waals surface area contributed by atoms with Crippen LogP contribution in [0.25, 0.3) is 27.7 Å². The summed E-state index contributed by atoms with van der Waals surface area (Å²) >= 11 is 6.98. The zero-order valence-corrected chi connectivity index (χ0v) is 18.9. The van der Waals surface area contributed by atoms with Gasteiger partial charge in [0.25, 0.3) is 10.4 Å². The molecule has 0 aliphatic heterocycles. The van der Waals surface area contributed by atoms with E-state index in [1.807, 2.05) is 24.3 Å². The van der Waals surface area contributed by atoms with Crippen LogP contribution in [0.5, 0.6) is 5.75 Å². The number of hydrogen-bond acceptors (Lipinski definition) is 7. The van der Waals surface area contributed by atoms with Gasteiger partial charge in [-0.25, -0.2) is 14.5 Å². The molecule has 3 heterocycles. The second kappa shape index (κ2) is 8.22. The van der Waals surface area contributed by atoms with Crippen LogP contribution in [-0.2, 0) is 0 Å². The predicted octanol–water partition coefficient (Wildman–Crippen LogP) is 5.72. The van der Waals surface area contributed by atoms with E-state index in [1.165, 1.54) is 23.4 Å². The molecule has 0 spiro atoms. The van der Waals surface area contributed by atoms with E-state index >= 15 is 0 Å². The highest BCUT2D eigenvalue weighted by Gasteiger charge is 2.14. The summed E-state index contributed by atoms with van der Waals surface area (Å²) in [6, 6.07) is 19.4. The van der Waals surface area contributed by atoms with Gasteiger partial charge in [0.15, 0.2) is 11.3 Å². The summed E-state index contributed by atoms with van der Waals surface area (Å²) in [6.45, 7) is 2.06. The Morgan fingerprint density at radius 2 is 1.88 bits per heavy atom. The predicted molar refractivity (Wildman–Crippen MR) is 128 cm³/mol. The van der Waals surface area contributed by atoms with E-state index in [9.17, 15) is 4.79 Å². The fourth-order valence-corrected chi connectivity index (χ4v) is 4.47. The van der Waals surface area contributed by atoms with E-state index in [-0.39, 0.29) is 21.5 Å². The zero-order valence-electron chi connectivity index (χ0n) is 17.2. The summed E-state index contributed by atoms with van der Waals surface area (Å²) in [5, 5.41) is 1.78. The highest BCUT2D eigenvalue weighted by atomic mass is 32.2. The second-order valence-corrected chi connectivity index (χ2v) is 8.58. The Balaban J connectivity index is 1.57. The van der Waals surface area contributed by atoms with Crippen molar-refractivity contribution in [2.24, 2.45) is 0 Å². The minimum Gasteiger partial charge on any atom is -0.493 e. The van der Waals surface area contributed by atoms with Gasteiger partial charge in [0.05, 0.1) is 18.3 Å². The SMILES string of the molecule is COc1ccnc2c(=O)n(-c3ccc4nc(Sc5ccc(C)cc5)ccc4c3)c(=S)oc12. The molecule has 0 saturated carbocycles. The fraction of sp³-hybridized carbons (Fsp3) is 0.0833. The monoisotopic (exact) mass is 459 g/mol. The molecule has 3 aromatic heterocycles. The van der Waals surface area contributed by atoms with Crippen LogP contribution >= 0.6 is 24.0 Å². The first-order valence-corrected chi connectivity index (χ1v) is 11.0. The van der Waals surface area contributed by atoms with Crippen LogP contribution in [0.3, 0.4) is 0 Å². The molecule has 0 unspecified atom stereocenters.